The first-order valence-corrected chi connectivity index (χ1v) is 4.92. The molecular formula is C12H9N3O. The van der Waals surface area contributed by atoms with Crippen LogP contribution in [0.4, 0.5) is 0 Å². The van der Waals surface area contributed by atoms with E-state index in [1.54, 1.807) is 16.8 Å². The summed E-state index contributed by atoms with van der Waals surface area (Å²) < 4.78 is 1.57. The molecule has 0 unspecified atom stereocenters. The molecule has 4 nitrogen and oxygen atoms in total. The molecule has 0 radical (unpaired) electrons. The van der Waals surface area contributed by atoms with Gasteiger partial charge in [0.25, 0.3) is 5.91 Å². The van der Waals surface area contributed by atoms with E-state index >= 15 is 0 Å². The fourth-order valence-corrected chi connectivity index (χ4v) is 1.94. The number of amides is 1. The van der Waals surface area contributed by atoms with Crippen LogP contribution < -0.4 is 5.73 Å². The van der Waals surface area contributed by atoms with Gasteiger partial charge in [0.15, 0.2) is 0 Å². The largest absolute Gasteiger partial charge is 0.364 e. The molecule has 3 aromatic rings. The Kier molecular flexibility index (Phi) is 1.71. The molecule has 0 saturated carbocycles. The first kappa shape index (κ1) is 8.91. The average molecular weight is 211 g/mol. The third-order valence-electron chi connectivity index (χ3n) is 2.65. The molecule has 2 N–H and O–H groups in total. The molecule has 2 aromatic heterocycles. The van der Waals surface area contributed by atoms with Gasteiger partial charge in [0, 0.05) is 5.39 Å². The van der Waals surface area contributed by atoms with Crippen LogP contribution in [-0.2, 0) is 0 Å². The molecule has 16 heavy (non-hydrogen) atoms. The van der Waals surface area contributed by atoms with Gasteiger partial charge < -0.3 is 5.73 Å². The van der Waals surface area contributed by atoms with Crippen molar-refractivity contribution in [2.24, 2.45) is 5.73 Å². The van der Waals surface area contributed by atoms with Crippen LogP contribution in [0.2, 0.25) is 0 Å². The summed E-state index contributed by atoms with van der Waals surface area (Å²) in [6, 6.07) is 11.5. The van der Waals surface area contributed by atoms with Gasteiger partial charge in [0.2, 0.25) is 0 Å². The number of nitrogens with zero attached hydrogens (tertiary/aromatic N) is 2. The minimum absolute atomic E-state index is 0.402. The van der Waals surface area contributed by atoms with Gasteiger partial charge >= 0.3 is 0 Å². The van der Waals surface area contributed by atoms with Gasteiger partial charge in [-0.05, 0) is 17.5 Å². The van der Waals surface area contributed by atoms with Crippen LogP contribution in [0.1, 0.15) is 10.5 Å². The Balaban J connectivity index is 2.58. The second-order valence-electron chi connectivity index (χ2n) is 3.61. The predicted molar refractivity (Wildman–Crippen MR) is 61.2 cm³/mol. The summed E-state index contributed by atoms with van der Waals surface area (Å²) in [4.78, 5) is 11.3. The first-order valence-electron chi connectivity index (χ1n) is 4.92. The van der Waals surface area contributed by atoms with Gasteiger partial charge in [-0.3, -0.25) is 4.79 Å². The minimum Gasteiger partial charge on any atom is -0.364 e. The Morgan fingerprint density at radius 1 is 1.25 bits per heavy atom. The topological polar surface area (TPSA) is 60.4 Å². The van der Waals surface area contributed by atoms with Crippen molar-refractivity contribution >= 4 is 22.2 Å². The molecule has 0 bridgehead atoms. The van der Waals surface area contributed by atoms with Gasteiger partial charge in [-0.25, -0.2) is 4.52 Å². The quantitative estimate of drug-likeness (QED) is 0.664. The van der Waals surface area contributed by atoms with Gasteiger partial charge in [-0.15, -0.1) is 0 Å². The number of hydrogen-bond acceptors (Lipinski definition) is 2. The zero-order valence-electron chi connectivity index (χ0n) is 8.42. The molecule has 2 heterocycles. The number of primary amides is 1. The standard InChI is InChI=1S/C12H9N3O/c13-12(16)11-7-8-3-1-2-4-9(8)10-5-6-14-15(10)11/h1-7H,(H2,13,16). The van der Waals surface area contributed by atoms with Gasteiger partial charge in [-0.2, -0.15) is 5.10 Å². The summed E-state index contributed by atoms with van der Waals surface area (Å²) in [6.07, 6.45) is 1.66. The number of fused-ring (bicyclic) bond motifs is 3. The first-order chi connectivity index (χ1) is 7.77. The number of aromatic nitrogens is 2. The summed E-state index contributed by atoms with van der Waals surface area (Å²) in [6.45, 7) is 0. The fraction of sp³-hybridized carbons (Fsp3) is 0. The molecule has 4 heteroatoms. The lowest BCUT2D eigenvalue weighted by atomic mass is 10.1. The molecule has 1 amide bonds. The number of rotatable bonds is 1. The van der Waals surface area contributed by atoms with Gasteiger partial charge in [0.1, 0.15) is 5.69 Å². The average Bonchev–Trinajstić information content (AvgIpc) is 2.76. The molecule has 0 fully saturated rings. The molecular weight excluding hydrogens is 202 g/mol. The molecule has 0 spiro atoms. The summed E-state index contributed by atoms with van der Waals surface area (Å²) in [5.41, 5.74) is 6.63. The van der Waals surface area contributed by atoms with E-state index in [1.807, 2.05) is 30.3 Å². The number of benzene rings is 1. The van der Waals surface area contributed by atoms with E-state index in [0.29, 0.717) is 5.69 Å². The molecule has 0 aliphatic rings. The maximum Gasteiger partial charge on any atom is 0.267 e. The van der Waals surface area contributed by atoms with Crippen molar-refractivity contribution < 1.29 is 4.79 Å². The van der Waals surface area contributed by atoms with Crippen LogP contribution in [0.5, 0.6) is 0 Å². The highest BCUT2D eigenvalue weighted by Gasteiger charge is 2.10. The normalized spacial score (nSPS) is 11.0. The van der Waals surface area contributed by atoms with Crippen molar-refractivity contribution in [3.63, 3.8) is 0 Å². The van der Waals surface area contributed by atoms with Crippen molar-refractivity contribution in [1.82, 2.24) is 9.61 Å². The van der Waals surface area contributed by atoms with E-state index in [1.165, 1.54) is 0 Å². The highest BCUT2D eigenvalue weighted by molar-refractivity contribution is 6.02. The Hall–Kier alpha value is -2.36. The van der Waals surface area contributed by atoms with Gasteiger partial charge in [0.05, 0.1) is 11.7 Å². The maximum atomic E-state index is 11.3. The van der Waals surface area contributed by atoms with E-state index in [4.69, 9.17) is 5.73 Å². The number of carbonyl (C=O) groups excluding carboxylic acids is 1. The number of hydrogen-bond donors (Lipinski definition) is 1. The van der Waals surface area contributed by atoms with E-state index in [0.717, 1.165) is 16.3 Å². The van der Waals surface area contributed by atoms with E-state index in [-0.39, 0.29) is 0 Å². The van der Waals surface area contributed by atoms with Crippen LogP contribution in [0.3, 0.4) is 0 Å². The van der Waals surface area contributed by atoms with Crippen LogP contribution in [0.15, 0.2) is 42.6 Å². The molecule has 0 aliphatic carbocycles. The Bertz CT molecular complexity index is 700. The third-order valence-corrected chi connectivity index (χ3v) is 2.65. The van der Waals surface area contributed by atoms with Crippen molar-refractivity contribution in [1.29, 1.82) is 0 Å². The fourth-order valence-electron chi connectivity index (χ4n) is 1.94. The summed E-state index contributed by atoms with van der Waals surface area (Å²) in [7, 11) is 0. The lowest BCUT2D eigenvalue weighted by Gasteiger charge is -2.05. The number of carbonyl (C=O) groups is 1. The van der Waals surface area contributed by atoms with E-state index in [9.17, 15) is 4.79 Å². The third kappa shape index (κ3) is 1.10. The number of nitrogens with two attached hydrogens (primary N) is 1. The molecule has 0 saturated heterocycles. The van der Waals surface area contributed by atoms with Gasteiger partial charge in [-0.1, -0.05) is 24.3 Å². The lowest BCUT2D eigenvalue weighted by molar-refractivity contribution is 0.0993. The van der Waals surface area contributed by atoms with E-state index in [2.05, 4.69) is 5.10 Å². The van der Waals surface area contributed by atoms with Crippen LogP contribution >= 0.6 is 0 Å². The zero-order chi connectivity index (χ0) is 11.1. The highest BCUT2D eigenvalue weighted by atomic mass is 16.1. The second kappa shape index (κ2) is 3.06. The van der Waals surface area contributed by atoms with Crippen molar-refractivity contribution in [3.8, 4) is 0 Å². The van der Waals surface area contributed by atoms with Crippen LogP contribution in [0.25, 0.3) is 16.3 Å². The number of pyridine rings is 1. The molecule has 3 rings (SSSR count). The maximum absolute atomic E-state index is 11.3. The van der Waals surface area contributed by atoms with E-state index < -0.39 is 5.91 Å². The van der Waals surface area contributed by atoms with Crippen molar-refractivity contribution in [3.05, 3.63) is 48.3 Å². The van der Waals surface area contributed by atoms with Crippen LogP contribution in [0, 0.1) is 0 Å². The molecule has 0 aliphatic heterocycles. The summed E-state index contributed by atoms with van der Waals surface area (Å²) >= 11 is 0. The second-order valence-corrected chi connectivity index (χ2v) is 3.61. The zero-order valence-corrected chi connectivity index (χ0v) is 8.42. The Morgan fingerprint density at radius 2 is 2.06 bits per heavy atom. The minimum atomic E-state index is -0.473. The molecule has 78 valence electrons. The Morgan fingerprint density at radius 3 is 2.88 bits per heavy atom. The monoisotopic (exact) mass is 211 g/mol. The smallest absolute Gasteiger partial charge is 0.267 e. The predicted octanol–water partition coefficient (Wildman–Crippen LogP) is 1.59. The summed E-state index contributed by atoms with van der Waals surface area (Å²) in [5.74, 6) is -0.473. The summed E-state index contributed by atoms with van der Waals surface area (Å²) in [5, 5.41) is 6.16. The highest BCUT2D eigenvalue weighted by Crippen LogP contribution is 2.21. The van der Waals surface area contributed by atoms with Crippen LogP contribution in [-0.4, -0.2) is 15.5 Å². The molecule has 0 atom stereocenters. The van der Waals surface area contributed by atoms with Crippen molar-refractivity contribution in [2.45, 2.75) is 0 Å². The lowest BCUT2D eigenvalue weighted by Crippen LogP contribution is -2.16. The molecule has 1 aromatic carbocycles. The van der Waals surface area contributed by atoms with Crippen molar-refractivity contribution in [2.75, 3.05) is 0 Å². The Labute approximate surface area is 91.3 Å². The SMILES string of the molecule is NC(=O)c1cc2ccccc2c2ccnn12.